The number of nitrogens with zero attached hydrogens (tertiary/aromatic N) is 5. The third-order valence-corrected chi connectivity index (χ3v) is 6.96. The van der Waals surface area contributed by atoms with E-state index in [1.165, 1.54) is 18.5 Å². The van der Waals surface area contributed by atoms with E-state index < -0.39 is 0 Å². The second kappa shape index (κ2) is 9.30. The summed E-state index contributed by atoms with van der Waals surface area (Å²) in [7, 11) is 2.15. The number of benzene rings is 1. The number of piperazine rings is 1. The Balaban J connectivity index is 1.24. The Labute approximate surface area is 205 Å². The highest BCUT2D eigenvalue weighted by molar-refractivity contribution is 5.94. The summed E-state index contributed by atoms with van der Waals surface area (Å²) < 4.78 is 0. The lowest BCUT2D eigenvalue weighted by atomic mass is 10.1. The number of anilines is 4. The van der Waals surface area contributed by atoms with Crippen molar-refractivity contribution in [2.75, 3.05) is 48.8 Å². The Hall–Kier alpha value is -3.46. The van der Waals surface area contributed by atoms with Gasteiger partial charge in [0.05, 0.1) is 0 Å². The van der Waals surface area contributed by atoms with Crippen LogP contribution < -0.4 is 15.5 Å². The number of rotatable bonds is 8. The van der Waals surface area contributed by atoms with E-state index in [4.69, 9.17) is 9.97 Å². The highest BCUT2D eigenvalue weighted by Gasteiger charge is 2.29. The SMILES string of the molecule is CN1CCN(c2cc(Nc3cc(C4CC4)[nH]n3)nc(Cc3cccc(NC(=O)C4CC4)c3)n2)CC1. The summed E-state index contributed by atoms with van der Waals surface area (Å²) >= 11 is 0. The molecular formula is C26H32N8O. The number of hydrogen-bond acceptors (Lipinski definition) is 7. The molecule has 3 heterocycles. The molecule has 2 aliphatic carbocycles. The number of H-pyrrole nitrogens is 1. The minimum absolute atomic E-state index is 0.117. The van der Waals surface area contributed by atoms with Crippen LogP contribution in [-0.4, -0.2) is 64.2 Å². The monoisotopic (exact) mass is 472 g/mol. The van der Waals surface area contributed by atoms with Crippen molar-refractivity contribution in [1.82, 2.24) is 25.1 Å². The Morgan fingerprint density at radius 3 is 2.63 bits per heavy atom. The minimum Gasteiger partial charge on any atom is -0.354 e. The highest BCUT2D eigenvalue weighted by Crippen LogP contribution is 2.39. The van der Waals surface area contributed by atoms with Crippen molar-refractivity contribution in [3.8, 4) is 0 Å². The van der Waals surface area contributed by atoms with Gasteiger partial charge in [-0.3, -0.25) is 9.89 Å². The molecule has 0 unspecified atom stereocenters. The lowest BCUT2D eigenvalue weighted by molar-refractivity contribution is -0.117. The third kappa shape index (κ3) is 5.45. The van der Waals surface area contributed by atoms with Crippen LogP contribution in [0.25, 0.3) is 0 Å². The first kappa shape index (κ1) is 22.0. The predicted molar refractivity (Wildman–Crippen MR) is 136 cm³/mol. The predicted octanol–water partition coefficient (Wildman–Crippen LogP) is 3.51. The highest BCUT2D eigenvalue weighted by atomic mass is 16.2. The van der Waals surface area contributed by atoms with Gasteiger partial charge in [-0.2, -0.15) is 5.10 Å². The maximum absolute atomic E-state index is 12.2. The summed E-state index contributed by atoms with van der Waals surface area (Å²) in [4.78, 5) is 26.6. The van der Waals surface area contributed by atoms with Crippen LogP contribution >= 0.6 is 0 Å². The Morgan fingerprint density at radius 1 is 1.03 bits per heavy atom. The van der Waals surface area contributed by atoms with Gasteiger partial charge in [-0.1, -0.05) is 12.1 Å². The van der Waals surface area contributed by atoms with Crippen LogP contribution in [0.1, 0.15) is 48.7 Å². The molecule has 0 radical (unpaired) electrons. The first-order valence-corrected chi connectivity index (χ1v) is 12.6. The quantitative estimate of drug-likeness (QED) is 0.461. The maximum atomic E-state index is 12.2. The molecule has 1 saturated heterocycles. The summed E-state index contributed by atoms with van der Waals surface area (Å²) in [6.07, 6.45) is 5.02. The van der Waals surface area contributed by atoms with Gasteiger partial charge in [0.25, 0.3) is 0 Å². The van der Waals surface area contributed by atoms with Crippen LogP contribution in [0, 0.1) is 5.92 Å². The van der Waals surface area contributed by atoms with Crippen molar-refractivity contribution < 1.29 is 4.79 Å². The summed E-state index contributed by atoms with van der Waals surface area (Å²) in [5, 5.41) is 14.0. The van der Waals surface area contributed by atoms with Gasteiger partial charge in [-0.05, 0) is 50.4 Å². The second-order valence-corrected chi connectivity index (χ2v) is 10.1. The van der Waals surface area contributed by atoms with Crippen LogP contribution in [0.5, 0.6) is 0 Å². The van der Waals surface area contributed by atoms with Crippen LogP contribution in [0.2, 0.25) is 0 Å². The lowest BCUT2D eigenvalue weighted by Gasteiger charge is -2.33. The molecule has 182 valence electrons. The summed E-state index contributed by atoms with van der Waals surface area (Å²) in [5.41, 5.74) is 3.08. The van der Waals surface area contributed by atoms with E-state index in [1.54, 1.807) is 0 Å². The van der Waals surface area contributed by atoms with E-state index in [0.29, 0.717) is 12.3 Å². The van der Waals surface area contributed by atoms with E-state index in [2.05, 4.69) is 49.8 Å². The van der Waals surface area contributed by atoms with E-state index in [1.807, 2.05) is 24.3 Å². The molecule has 0 atom stereocenters. The van der Waals surface area contributed by atoms with Gasteiger partial charge in [-0.25, -0.2) is 9.97 Å². The molecule has 35 heavy (non-hydrogen) atoms. The fourth-order valence-corrected chi connectivity index (χ4v) is 4.49. The van der Waals surface area contributed by atoms with Crippen molar-refractivity contribution in [3.05, 3.63) is 53.5 Å². The number of carbonyl (C=O) groups is 1. The number of carbonyl (C=O) groups excluding carboxylic acids is 1. The van der Waals surface area contributed by atoms with Crippen molar-refractivity contribution in [1.29, 1.82) is 0 Å². The number of aromatic amines is 1. The first-order chi connectivity index (χ1) is 17.1. The Kier molecular flexibility index (Phi) is 5.85. The van der Waals surface area contributed by atoms with Gasteiger partial charge >= 0.3 is 0 Å². The van der Waals surface area contributed by atoms with Crippen LogP contribution in [0.3, 0.4) is 0 Å². The largest absolute Gasteiger partial charge is 0.354 e. The zero-order valence-electron chi connectivity index (χ0n) is 20.1. The second-order valence-electron chi connectivity index (χ2n) is 10.1. The molecule has 1 amide bonds. The Bertz CT molecular complexity index is 1210. The zero-order chi connectivity index (χ0) is 23.8. The normalized spacial score (nSPS) is 18.5. The lowest BCUT2D eigenvalue weighted by Crippen LogP contribution is -2.44. The first-order valence-electron chi connectivity index (χ1n) is 12.6. The number of hydrogen-bond donors (Lipinski definition) is 3. The van der Waals surface area contributed by atoms with E-state index in [0.717, 1.165) is 73.5 Å². The third-order valence-electron chi connectivity index (χ3n) is 6.96. The maximum Gasteiger partial charge on any atom is 0.227 e. The zero-order valence-corrected chi connectivity index (χ0v) is 20.1. The van der Waals surface area contributed by atoms with Crippen LogP contribution in [0.4, 0.5) is 23.1 Å². The van der Waals surface area contributed by atoms with Gasteiger partial charge in [-0.15, -0.1) is 0 Å². The minimum atomic E-state index is 0.117. The molecule has 3 aromatic rings. The molecule has 9 heteroatoms. The fraction of sp³-hybridized carbons (Fsp3) is 0.462. The fourth-order valence-electron chi connectivity index (χ4n) is 4.49. The van der Waals surface area contributed by atoms with Gasteiger partial charge in [0.2, 0.25) is 5.91 Å². The molecule has 6 rings (SSSR count). The molecule has 0 bridgehead atoms. The van der Waals surface area contributed by atoms with Crippen LogP contribution in [-0.2, 0) is 11.2 Å². The van der Waals surface area contributed by atoms with Crippen molar-refractivity contribution in [2.24, 2.45) is 5.92 Å². The summed E-state index contributed by atoms with van der Waals surface area (Å²) in [6, 6.07) is 12.1. The Morgan fingerprint density at radius 2 is 1.86 bits per heavy atom. The number of nitrogens with one attached hydrogen (secondary N) is 3. The van der Waals surface area contributed by atoms with Crippen molar-refractivity contribution >= 4 is 29.0 Å². The molecule has 0 spiro atoms. The van der Waals surface area contributed by atoms with Gasteiger partial charge < -0.3 is 20.4 Å². The molecule has 1 aliphatic heterocycles. The van der Waals surface area contributed by atoms with Crippen molar-refractivity contribution in [3.63, 3.8) is 0 Å². The average Bonchev–Trinajstić information content (AvgIpc) is 3.78. The smallest absolute Gasteiger partial charge is 0.227 e. The van der Waals surface area contributed by atoms with E-state index in [-0.39, 0.29) is 11.8 Å². The molecule has 2 saturated carbocycles. The molecular weight excluding hydrogens is 440 g/mol. The van der Waals surface area contributed by atoms with Gasteiger partial charge in [0, 0.05) is 67.9 Å². The molecule has 3 N–H and O–H groups in total. The standard InChI is InChI=1S/C26H32N8O/c1-33-9-11-34(12-10-33)25-16-23(29-24-15-21(31-32-24)18-5-6-18)28-22(30-25)14-17-3-2-4-20(13-17)27-26(35)19-7-8-19/h2-4,13,15-16,18-19H,5-12,14H2,1H3,(H,27,35)(H2,28,29,30,31,32). The van der Waals surface area contributed by atoms with E-state index >= 15 is 0 Å². The molecule has 2 aromatic heterocycles. The number of amides is 1. The van der Waals surface area contributed by atoms with Gasteiger partial charge in [0.1, 0.15) is 17.5 Å². The number of likely N-dealkylation sites (N-methyl/N-ethyl adjacent to an activating group) is 1. The van der Waals surface area contributed by atoms with Crippen LogP contribution in [0.15, 0.2) is 36.4 Å². The number of aromatic nitrogens is 4. The molecule has 9 nitrogen and oxygen atoms in total. The van der Waals surface area contributed by atoms with Crippen molar-refractivity contribution in [2.45, 2.75) is 38.0 Å². The topological polar surface area (TPSA) is 102 Å². The average molecular weight is 473 g/mol. The molecule has 3 fully saturated rings. The van der Waals surface area contributed by atoms with E-state index in [9.17, 15) is 4.79 Å². The van der Waals surface area contributed by atoms with Gasteiger partial charge in [0.15, 0.2) is 5.82 Å². The molecule has 3 aliphatic rings. The molecule has 1 aromatic carbocycles. The summed E-state index contributed by atoms with van der Waals surface area (Å²) in [6.45, 7) is 3.89. The summed E-state index contributed by atoms with van der Waals surface area (Å²) in [5.74, 6) is 4.12.